The van der Waals surface area contributed by atoms with Crippen molar-refractivity contribution in [1.82, 2.24) is 20.0 Å². The number of benzene rings is 2. The van der Waals surface area contributed by atoms with E-state index in [0.717, 1.165) is 5.56 Å². The highest BCUT2D eigenvalue weighted by molar-refractivity contribution is 6.01. The molecule has 0 bridgehead atoms. The van der Waals surface area contributed by atoms with Gasteiger partial charge in [-0.2, -0.15) is 5.10 Å². The highest BCUT2D eigenvalue weighted by Crippen LogP contribution is 2.33. The summed E-state index contributed by atoms with van der Waals surface area (Å²) in [5, 5.41) is 7.12. The molecule has 1 unspecified atom stereocenters. The fourth-order valence-electron chi connectivity index (χ4n) is 4.34. The van der Waals surface area contributed by atoms with Crippen LogP contribution in [0, 0.1) is 0 Å². The first-order chi connectivity index (χ1) is 18.3. The summed E-state index contributed by atoms with van der Waals surface area (Å²) in [7, 11) is 3.04. The molecule has 4 rings (SSSR count). The van der Waals surface area contributed by atoms with Crippen LogP contribution >= 0.6 is 0 Å². The molecule has 0 radical (unpaired) electrons. The van der Waals surface area contributed by atoms with E-state index >= 15 is 0 Å². The Hall–Kier alpha value is -4.41. The quantitative estimate of drug-likeness (QED) is 0.406. The molecule has 1 atom stereocenters. The molecule has 0 saturated heterocycles. The Labute approximate surface area is 219 Å². The Morgan fingerprint density at radius 1 is 1.11 bits per heavy atom. The molecular weight excluding hydrogens is 495 g/mol. The minimum absolute atomic E-state index is 0.0152. The summed E-state index contributed by atoms with van der Waals surface area (Å²) in [6.07, 6.45) is 0. The van der Waals surface area contributed by atoms with Crippen molar-refractivity contribution in [3.8, 4) is 11.5 Å². The Morgan fingerprint density at radius 2 is 1.87 bits per heavy atom. The van der Waals surface area contributed by atoms with Gasteiger partial charge in [0.15, 0.2) is 5.69 Å². The molecule has 200 valence electrons. The number of carbonyl (C=O) groups is 3. The molecule has 1 aromatic heterocycles. The van der Waals surface area contributed by atoms with Crippen molar-refractivity contribution in [1.29, 1.82) is 0 Å². The van der Waals surface area contributed by atoms with Gasteiger partial charge in [0.05, 0.1) is 27.3 Å². The van der Waals surface area contributed by atoms with Crippen LogP contribution in [0.3, 0.4) is 0 Å². The van der Waals surface area contributed by atoms with Crippen LogP contribution in [0.2, 0.25) is 0 Å². The fourth-order valence-corrected chi connectivity index (χ4v) is 4.34. The smallest absolute Gasteiger partial charge is 0.358 e. The van der Waals surface area contributed by atoms with Gasteiger partial charge in [0.1, 0.15) is 36.0 Å². The first-order valence-corrected chi connectivity index (χ1v) is 12.0. The van der Waals surface area contributed by atoms with Crippen molar-refractivity contribution < 1.29 is 33.0 Å². The number of esters is 1. The third kappa shape index (κ3) is 5.31. The lowest BCUT2D eigenvalue weighted by molar-refractivity contribution is -0.133. The average Bonchev–Trinajstić information content (AvgIpc) is 3.37. The molecule has 3 aromatic rings. The van der Waals surface area contributed by atoms with Crippen molar-refractivity contribution in [3.63, 3.8) is 0 Å². The van der Waals surface area contributed by atoms with Gasteiger partial charge in [-0.1, -0.05) is 30.3 Å². The summed E-state index contributed by atoms with van der Waals surface area (Å²) < 4.78 is 29.5. The van der Waals surface area contributed by atoms with Gasteiger partial charge in [0, 0.05) is 18.2 Å². The highest BCUT2D eigenvalue weighted by atomic mass is 19.1. The number of rotatable bonds is 10. The van der Waals surface area contributed by atoms with Crippen LogP contribution in [0.1, 0.15) is 39.0 Å². The van der Waals surface area contributed by atoms with Crippen LogP contribution in [-0.4, -0.2) is 65.5 Å². The van der Waals surface area contributed by atoms with Gasteiger partial charge in [0.25, 0.3) is 5.91 Å². The minimum atomic E-state index is -1.39. The summed E-state index contributed by atoms with van der Waals surface area (Å²) in [5.74, 6) is -0.702. The lowest BCUT2D eigenvalue weighted by Gasteiger charge is -2.43. The van der Waals surface area contributed by atoms with Crippen LogP contribution in [0.15, 0.2) is 54.6 Å². The summed E-state index contributed by atoms with van der Waals surface area (Å²) in [6, 6.07) is 15.9. The number of ether oxygens (including phenoxy) is 3. The van der Waals surface area contributed by atoms with E-state index in [1.165, 1.54) is 29.9 Å². The van der Waals surface area contributed by atoms with Crippen molar-refractivity contribution in [2.24, 2.45) is 0 Å². The lowest BCUT2D eigenvalue weighted by Crippen LogP contribution is -2.63. The van der Waals surface area contributed by atoms with Crippen LogP contribution in [0.25, 0.3) is 0 Å². The maximum atomic E-state index is 13.8. The monoisotopic (exact) mass is 524 g/mol. The molecule has 0 spiro atoms. The molecule has 10 nitrogen and oxygen atoms in total. The van der Waals surface area contributed by atoms with Gasteiger partial charge in [-0.05, 0) is 30.7 Å². The number of nitrogens with zero attached hydrogens (tertiary/aromatic N) is 3. The Bertz CT molecular complexity index is 1330. The van der Waals surface area contributed by atoms with Crippen LogP contribution in [0.4, 0.5) is 4.39 Å². The van der Waals surface area contributed by atoms with Gasteiger partial charge < -0.3 is 24.4 Å². The van der Waals surface area contributed by atoms with Gasteiger partial charge >= 0.3 is 5.97 Å². The summed E-state index contributed by atoms with van der Waals surface area (Å²) in [5.41, 5.74) is 0.0872. The zero-order valence-electron chi connectivity index (χ0n) is 21.4. The number of amides is 2. The molecule has 0 saturated carbocycles. The van der Waals surface area contributed by atoms with Crippen molar-refractivity contribution in [3.05, 3.63) is 77.1 Å². The number of nitrogens with one attached hydrogen (secondary N) is 1. The van der Waals surface area contributed by atoms with E-state index in [1.54, 1.807) is 25.1 Å². The standard InChI is InChI=1S/C27H29FN4O6/c1-27(26(35)29-15-18-7-5-4-6-8-18)17-32-22(14-21(30-32)25(34)38-12-11-28)24(33)31(27)16-19-13-20(36-2)9-10-23(19)37-3/h4-10,13-14H,11-12,15-17H2,1-3H3,(H,29,35). The predicted octanol–water partition coefficient (Wildman–Crippen LogP) is 2.76. The number of alkyl halides is 1. The molecule has 2 amide bonds. The second-order valence-corrected chi connectivity index (χ2v) is 8.91. The lowest BCUT2D eigenvalue weighted by atomic mass is 9.93. The molecule has 2 aromatic carbocycles. The maximum Gasteiger partial charge on any atom is 0.358 e. The molecule has 1 aliphatic heterocycles. The summed E-state index contributed by atoms with van der Waals surface area (Å²) >= 11 is 0. The SMILES string of the molecule is COc1ccc(OC)c(CN2C(=O)c3cc(C(=O)OCCF)nn3CC2(C)C(=O)NCc2ccccc2)c1. The van der Waals surface area contributed by atoms with E-state index in [1.807, 2.05) is 30.3 Å². The average molecular weight is 525 g/mol. The molecule has 0 aliphatic carbocycles. The van der Waals surface area contributed by atoms with Crippen LogP contribution in [-0.2, 0) is 29.2 Å². The number of fused-ring (bicyclic) bond motifs is 1. The third-order valence-corrected chi connectivity index (χ3v) is 6.42. The largest absolute Gasteiger partial charge is 0.497 e. The molecule has 38 heavy (non-hydrogen) atoms. The molecule has 0 fully saturated rings. The van der Waals surface area contributed by atoms with E-state index in [0.29, 0.717) is 17.1 Å². The number of aromatic nitrogens is 2. The Morgan fingerprint density at radius 3 is 2.55 bits per heavy atom. The maximum absolute atomic E-state index is 13.8. The Balaban J connectivity index is 1.71. The summed E-state index contributed by atoms with van der Waals surface area (Å²) in [4.78, 5) is 41.2. The van der Waals surface area contributed by atoms with E-state index in [-0.39, 0.29) is 31.0 Å². The normalized spacial score (nSPS) is 16.5. The zero-order chi connectivity index (χ0) is 27.3. The molecule has 1 aliphatic rings. The van der Waals surface area contributed by atoms with Crippen molar-refractivity contribution in [2.75, 3.05) is 27.5 Å². The van der Waals surface area contributed by atoms with Gasteiger partial charge in [-0.15, -0.1) is 0 Å². The van der Waals surface area contributed by atoms with Gasteiger partial charge in [-0.25, -0.2) is 9.18 Å². The van der Waals surface area contributed by atoms with E-state index in [9.17, 15) is 18.8 Å². The van der Waals surface area contributed by atoms with E-state index < -0.39 is 36.6 Å². The van der Waals surface area contributed by atoms with Gasteiger partial charge in [0.2, 0.25) is 5.91 Å². The third-order valence-electron chi connectivity index (χ3n) is 6.42. The zero-order valence-corrected chi connectivity index (χ0v) is 21.4. The highest BCUT2D eigenvalue weighted by Gasteiger charge is 2.48. The molecular formula is C27H29FN4O6. The second-order valence-electron chi connectivity index (χ2n) is 8.91. The fraction of sp³-hybridized carbons (Fsp3) is 0.333. The molecule has 1 N–H and O–H groups in total. The first-order valence-electron chi connectivity index (χ1n) is 12.0. The topological polar surface area (TPSA) is 112 Å². The van der Waals surface area contributed by atoms with Crippen LogP contribution in [0.5, 0.6) is 11.5 Å². The van der Waals surface area contributed by atoms with Gasteiger partial charge in [-0.3, -0.25) is 14.3 Å². The Kier molecular flexibility index (Phi) is 7.94. The van der Waals surface area contributed by atoms with E-state index in [4.69, 9.17) is 14.2 Å². The number of hydrogen-bond donors (Lipinski definition) is 1. The summed E-state index contributed by atoms with van der Waals surface area (Å²) in [6.45, 7) is 0.624. The minimum Gasteiger partial charge on any atom is -0.497 e. The number of hydrogen-bond acceptors (Lipinski definition) is 7. The van der Waals surface area contributed by atoms with E-state index in [2.05, 4.69) is 10.4 Å². The molecule has 2 heterocycles. The molecule has 11 heteroatoms. The number of methoxy groups -OCH3 is 2. The predicted molar refractivity (Wildman–Crippen MR) is 135 cm³/mol. The van der Waals surface area contributed by atoms with Crippen molar-refractivity contribution >= 4 is 17.8 Å². The van der Waals surface area contributed by atoms with Crippen LogP contribution < -0.4 is 14.8 Å². The second kappa shape index (κ2) is 11.3. The first kappa shape index (κ1) is 26.6. The van der Waals surface area contributed by atoms with Crippen molar-refractivity contribution in [2.45, 2.75) is 32.1 Å². The number of carbonyl (C=O) groups excluding carboxylic acids is 3. The number of halogens is 1.